The van der Waals surface area contributed by atoms with Crippen molar-refractivity contribution in [3.63, 3.8) is 0 Å². The van der Waals surface area contributed by atoms with E-state index >= 15 is 0 Å². The molecule has 4 nitrogen and oxygen atoms in total. The van der Waals surface area contributed by atoms with Crippen molar-refractivity contribution in [3.05, 3.63) is 50.3 Å². The third-order valence-corrected chi connectivity index (χ3v) is 2.81. The fourth-order valence-electron chi connectivity index (χ4n) is 1.63. The molecule has 5 heteroatoms. The van der Waals surface area contributed by atoms with Crippen molar-refractivity contribution in [2.45, 2.75) is 13.8 Å². The lowest BCUT2D eigenvalue weighted by molar-refractivity contribution is 1.10. The van der Waals surface area contributed by atoms with Crippen molar-refractivity contribution in [1.82, 2.24) is 9.97 Å². The molecular weight excluding hydrogens is 282 g/mol. The summed E-state index contributed by atoms with van der Waals surface area (Å²) < 4.78 is 0.420. The topological polar surface area (TPSA) is 57.8 Å². The molecule has 1 heterocycles. The van der Waals surface area contributed by atoms with E-state index in [1.807, 2.05) is 26.0 Å². The van der Waals surface area contributed by atoms with Gasteiger partial charge >= 0.3 is 0 Å². The number of hydrogen-bond acceptors (Lipinski definition) is 3. The number of nitrogens with one attached hydrogen (secondary N) is 2. The van der Waals surface area contributed by atoms with Crippen LogP contribution in [0.3, 0.4) is 0 Å². The second-order valence-corrected chi connectivity index (χ2v) is 4.76. The molecule has 0 aliphatic rings. The summed E-state index contributed by atoms with van der Waals surface area (Å²) in [5.41, 5.74) is 3.03. The first-order chi connectivity index (χ1) is 8.04. The number of anilines is 2. The molecule has 2 rings (SSSR count). The molecule has 2 aromatic rings. The van der Waals surface area contributed by atoms with Crippen LogP contribution in [0.5, 0.6) is 0 Å². The van der Waals surface area contributed by atoms with E-state index in [4.69, 9.17) is 0 Å². The van der Waals surface area contributed by atoms with Crippen LogP contribution >= 0.6 is 15.9 Å². The maximum Gasteiger partial charge on any atom is 0.266 e. The minimum absolute atomic E-state index is 0.202. The van der Waals surface area contributed by atoms with E-state index in [-0.39, 0.29) is 5.56 Å². The van der Waals surface area contributed by atoms with Crippen LogP contribution in [0.1, 0.15) is 11.1 Å². The van der Waals surface area contributed by atoms with Crippen molar-refractivity contribution < 1.29 is 0 Å². The van der Waals surface area contributed by atoms with Gasteiger partial charge in [0.1, 0.15) is 4.47 Å². The third kappa shape index (κ3) is 2.94. The number of aromatic nitrogens is 2. The molecule has 0 saturated carbocycles. The van der Waals surface area contributed by atoms with Crippen molar-refractivity contribution in [2.75, 3.05) is 5.32 Å². The number of halogens is 1. The molecule has 0 spiro atoms. The fourth-order valence-corrected chi connectivity index (χ4v) is 1.83. The van der Waals surface area contributed by atoms with E-state index in [0.29, 0.717) is 10.4 Å². The average Bonchev–Trinajstić information content (AvgIpc) is 2.22. The maximum atomic E-state index is 11.4. The highest BCUT2D eigenvalue weighted by Gasteiger charge is 2.01. The first-order valence-electron chi connectivity index (χ1n) is 5.15. The van der Waals surface area contributed by atoms with Crippen LogP contribution < -0.4 is 10.9 Å². The molecule has 0 fully saturated rings. The Morgan fingerprint density at radius 2 is 1.88 bits per heavy atom. The van der Waals surface area contributed by atoms with Gasteiger partial charge in [0.15, 0.2) is 0 Å². The molecule has 0 saturated heterocycles. The molecule has 1 aromatic carbocycles. The molecule has 88 valence electrons. The van der Waals surface area contributed by atoms with Gasteiger partial charge in [0.2, 0.25) is 5.95 Å². The molecule has 0 atom stereocenters. The van der Waals surface area contributed by atoms with Gasteiger partial charge < -0.3 is 5.32 Å². The molecule has 0 bridgehead atoms. The Bertz CT molecular complexity index is 587. The zero-order chi connectivity index (χ0) is 12.4. The van der Waals surface area contributed by atoms with E-state index in [0.717, 1.165) is 16.8 Å². The zero-order valence-electron chi connectivity index (χ0n) is 9.54. The Morgan fingerprint density at radius 1 is 1.24 bits per heavy atom. The van der Waals surface area contributed by atoms with Crippen molar-refractivity contribution >= 4 is 27.6 Å². The van der Waals surface area contributed by atoms with Crippen molar-refractivity contribution in [2.24, 2.45) is 0 Å². The number of nitrogens with zero attached hydrogens (tertiary/aromatic N) is 1. The lowest BCUT2D eigenvalue weighted by Crippen LogP contribution is -2.10. The number of benzene rings is 1. The smallest absolute Gasteiger partial charge is 0.266 e. The highest BCUT2D eigenvalue weighted by Crippen LogP contribution is 2.16. The number of H-pyrrole nitrogens is 1. The summed E-state index contributed by atoms with van der Waals surface area (Å²) in [5.74, 6) is 0.434. The molecule has 2 N–H and O–H groups in total. The second kappa shape index (κ2) is 4.71. The van der Waals surface area contributed by atoms with E-state index in [9.17, 15) is 4.79 Å². The minimum atomic E-state index is -0.202. The summed E-state index contributed by atoms with van der Waals surface area (Å²) in [4.78, 5) is 18.1. The van der Waals surface area contributed by atoms with Gasteiger partial charge in [0.25, 0.3) is 5.56 Å². The van der Waals surface area contributed by atoms with Crippen LogP contribution in [-0.2, 0) is 0 Å². The Labute approximate surface area is 107 Å². The summed E-state index contributed by atoms with van der Waals surface area (Å²) in [6.45, 7) is 4.05. The Hall–Kier alpha value is -1.62. The van der Waals surface area contributed by atoms with Crippen LogP contribution in [0.2, 0.25) is 0 Å². The number of aromatic amines is 1. The summed E-state index contributed by atoms with van der Waals surface area (Å²) in [5, 5.41) is 3.07. The first kappa shape index (κ1) is 11.9. The SMILES string of the molecule is Cc1cc(C)cc(Nc2ncc(Br)c(=O)[nH]2)c1. The van der Waals surface area contributed by atoms with Crippen molar-refractivity contribution in [3.8, 4) is 0 Å². The lowest BCUT2D eigenvalue weighted by Gasteiger charge is -2.07. The predicted molar refractivity (Wildman–Crippen MR) is 71.8 cm³/mol. The number of rotatable bonds is 2. The first-order valence-corrected chi connectivity index (χ1v) is 5.94. The normalized spacial score (nSPS) is 10.3. The van der Waals surface area contributed by atoms with Gasteiger partial charge in [-0.2, -0.15) is 0 Å². The van der Waals surface area contributed by atoms with Crippen LogP contribution in [0, 0.1) is 13.8 Å². The van der Waals surface area contributed by atoms with E-state index in [1.54, 1.807) is 0 Å². The minimum Gasteiger partial charge on any atom is -0.326 e. The Kier molecular flexibility index (Phi) is 3.28. The molecule has 1 aromatic heterocycles. The zero-order valence-corrected chi connectivity index (χ0v) is 11.1. The van der Waals surface area contributed by atoms with Crippen LogP contribution in [-0.4, -0.2) is 9.97 Å². The Balaban J connectivity index is 2.31. The highest BCUT2D eigenvalue weighted by molar-refractivity contribution is 9.10. The van der Waals surface area contributed by atoms with E-state index in [1.165, 1.54) is 6.20 Å². The van der Waals surface area contributed by atoms with Gasteiger partial charge in [-0.3, -0.25) is 9.78 Å². The summed E-state index contributed by atoms with van der Waals surface area (Å²) in [7, 11) is 0. The van der Waals surface area contributed by atoms with Crippen LogP contribution in [0.25, 0.3) is 0 Å². The summed E-state index contributed by atoms with van der Waals surface area (Å²) in [6, 6.07) is 6.08. The summed E-state index contributed by atoms with van der Waals surface area (Å²) >= 11 is 3.10. The van der Waals surface area contributed by atoms with Gasteiger partial charge in [-0.05, 0) is 53.0 Å². The molecular formula is C12H12BrN3O. The van der Waals surface area contributed by atoms with Crippen molar-refractivity contribution in [1.29, 1.82) is 0 Å². The largest absolute Gasteiger partial charge is 0.326 e. The van der Waals surface area contributed by atoms with Crippen LogP contribution in [0.4, 0.5) is 11.6 Å². The molecule has 0 radical (unpaired) electrons. The average molecular weight is 294 g/mol. The highest BCUT2D eigenvalue weighted by atomic mass is 79.9. The number of aryl methyl sites for hydroxylation is 2. The van der Waals surface area contributed by atoms with Gasteiger partial charge in [-0.15, -0.1) is 0 Å². The molecule has 0 amide bonds. The lowest BCUT2D eigenvalue weighted by atomic mass is 10.1. The van der Waals surface area contributed by atoms with Gasteiger partial charge in [0.05, 0.1) is 6.20 Å². The number of hydrogen-bond donors (Lipinski definition) is 2. The molecule has 17 heavy (non-hydrogen) atoms. The van der Waals surface area contributed by atoms with E-state index < -0.39 is 0 Å². The maximum absolute atomic E-state index is 11.4. The summed E-state index contributed by atoms with van der Waals surface area (Å²) in [6.07, 6.45) is 1.48. The van der Waals surface area contributed by atoms with Gasteiger partial charge in [-0.25, -0.2) is 4.98 Å². The monoisotopic (exact) mass is 293 g/mol. The molecule has 0 aliphatic heterocycles. The predicted octanol–water partition coefficient (Wildman–Crippen LogP) is 2.89. The fraction of sp³-hybridized carbons (Fsp3) is 0.167. The third-order valence-electron chi connectivity index (χ3n) is 2.24. The standard InChI is InChI=1S/C12H12BrN3O/c1-7-3-8(2)5-9(4-7)15-12-14-6-10(13)11(17)16-12/h3-6H,1-2H3,(H2,14,15,16,17). The van der Waals surface area contributed by atoms with Gasteiger partial charge in [0, 0.05) is 5.69 Å². The quantitative estimate of drug-likeness (QED) is 0.895. The molecule has 0 unspecified atom stereocenters. The second-order valence-electron chi connectivity index (χ2n) is 3.91. The Morgan fingerprint density at radius 3 is 2.47 bits per heavy atom. The van der Waals surface area contributed by atoms with E-state index in [2.05, 4.69) is 37.3 Å². The van der Waals surface area contributed by atoms with Crippen LogP contribution in [0.15, 0.2) is 33.7 Å². The molecule has 0 aliphatic carbocycles. The van der Waals surface area contributed by atoms with Gasteiger partial charge in [-0.1, -0.05) is 6.07 Å².